The molecule has 3 rings (SSSR count). The van der Waals surface area contributed by atoms with Crippen LogP contribution >= 0.6 is 11.6 Å². The lowest BCUT2D eigenvalue weighted by Crippen LogP contribution is -2.20. The second kappa shape index (κ2) is 10.5. The minimum absolute atomic E-state index is 0.430. The Hall–Kier alpha value is -2.76. The Labute approximate surface area is 170 Å². The van der Waals surface area contributed by atoms with Gasteiger partial charge in [-0.1, -0.05) is 35.9 Å². The lowest BCUT2D eigenvalue weighted by molar-refractivity contribution is 0.284. The Bertz CT molecular complexity index is 875. The van der Waals surface area contributed by atoms with Crippen LogP contribution < -0.4 is 19.5 Å². The molecule has 0 saturated heterocycles. The van der Waals surface area contributed by atoms with Crippen molar-refractivity contribution in [3.05, 3.63) is 83.0 Å². The third-order valence-corrected chi connectivity index (χ3v) is 4.24. The minimum atomic E-state index is 0.430. The first kappa shape index (κ1) is 20.0. The van der Waals surface area contributed by atoms with Gasteiger partial charge in [-0.3, -0.25) is 0 Å². The van der Waals surface area contributed by atoms with Crippen molar-refractivity contribution in [3.8, 4) is 17.4 Å². The van der Waals surface area contributed by atoms with Gasteiger partial charge in [0.2, 0.25) is 5.88 Å². The van der Waals surface area contributed by atoms with E-state index in [0.717, 1.165) is 11.1 Å². The summed E-state index contributed by atoms with van der Waals surface area (Å²) in [5.74, 6) is 2.03. The van der Waals surface area contributed by atoms with E-state index in [0.29, 0.717) is 48.7 Å². The Morgan fingerprint density at radius 2 is 1.86 bits per heavy atom. The van der Waals surface area contributed by atoms with Crippen molar-refractivity contribution in [2.24, 2.45) is 0 Å². The van der Waals surface area contributed by atoms with E-state index in [4.69, 9.17) is 25.8 Å². The molecular formula is C22H23ClN2O3. The lowest BCUT2D eigenvalue weighted by Gasteiger charge is -2.13. The first-order chi connectivity index (χ1) is 13.7. The van der Waals surface area contributed by atoms with Gasteiger partial charge in [0.05, 0.1) is 7.11 Å². The standard InChI is InChI=1S/C22H23ClN2O3/c1-26-21-14-17(15-24-11-12-27-22-7-2-3-10-25-22)8-9-20(21)28-16-18-5-4-6-19(23)13-18/h2-10,13-14,24H,11-12,15-16H2,1H3. The molecule has 0 unspecified atom stereocenters. The van der Waals surface area contributed by atoms with Crippen LogP contribution in [-0.2, 0) is 13.2 Å². The molecule has 0 bridgehead atoms. The van der Waals surface area contributed by atoms with Gasteiger partial charge in [0.25, 0.3) is 0 Å². The van der Waals surface area contributed by atoms with Crippen molar-refractivity contribution in [1.29, 1.82) is 0 Å². The number of halogens is 1. The Morgan fingerprint density at radius 1 is 0.929 bits per heavy atom. The van der Waals surface area contributed by atoms with Gasteiger partial charge in [-0.05, 0) is 41.5 Å². The van der Waals surface area contributed by atoms with E-state index in [1.54, 1.807) is 13.3 Å². The predicted octanol–water partition coefficient (Wildman–Crippen LogP) is 4.49. The second-order valence-electron chi connectivity index (χ2n) is 6.10. The number of benzene rings is 2. The second-order valence-corrected chi connectivity index (χ2v) is 6.53. The average Bonchev–Trinajstić information content (AvgIpc) is 2.73. The lowest BCUT2D eigenvalue weighted by atomic mass is 10.2. The number of ether oxygens (including phenoxy) is 3. The van der Waals surface area contributed by atoms with Crippen molar-refractivity contribution < 1.29 is 14.2 Å². The molecule has 28 heavy (non-hydrogen) atoms. The number of rotatable bonds is 10. The number of hydrogen-bond acceptors (Lipinski definition) is 5. The van der Waals surface area contributed by atoms with E-state index in [9.17, 15) is 0 Å². The number of aromatic nitrogens is 1. The van der Waals surface area contributed by atoms with Gasteiger partial charge >= 0.3 is 0 Å². The van der Waals surface area contributed by atoms with E-state index in [2.05, 4.69) is 10.3 Å². The van der Waals surface area contributed by atoms with Gasteiger partial charge in [-0.25, -0.2) is 4.98 Å². The summed E-state index contributed by atoms with van der Waals surface area (Å²) in [6.45, 7) is 2.40. The van der Waals surface area contributed by atoms with Gasteiger partial charge in [0.1, 0.15) is 13.2 Å². The maximum atomic E-state index is 6.01. The highest BCUT2D eigenvalue weighted by atomic mass is 35.5. The smallest absolute Gasteiger partial charge is 0.213 e. The topological polar surface area (TPSA) is 52.6 Å². The highest BCUT2D eigenvalue weighted by molar-refractivity contribution is 6.30. The van der Waals surface area contributed by atoms with E-state index in [1.807, 2.05) is 60.7 Å². The van der Waals surface area contributed by atoms with Gasteiger partial charge < -0.3 is 19.5 Å². The third kappa shape index (κ3) is 6.15. The van der Waals surface area contributed by atoms with Crippen molar-refractivity contribution in [3.63, 3.8) is 0 Å². The Morgan fingerprint density at radius 3 is 2.64 bits per heavy atom. The number of nitrogens with one attached hydrogen (secondary N) is 1. The molecule has 0 aliphatic carbocycles. The monoisotopic (exact) mass is 398 g/mol. The summed E-state index contributed by atoms with van der Waals surface area (Å²) in [4.78, 5) is 4.12. The number of pyridine rings is 1. The predicted molar refractivity (Wildman–Crippen MR) is 110 cm³/mol. The van der Waals surface area contributed by atoms with Crippen LogP contribution in [0.25, 0.3) is 0 Å². The summed E-state index contributed by atoms with van der Waals surface area (Å²) < 4.78 is 16.9. The molecule has 1 N–H and O–H groups in total. The summed E-state index contributed by atoms with van der Waals surface area (Å²) >= 11 is 6.01. The van der Waals surface area contributed by atoms with E-state index in [1.165, 1.54) is 0 Å². The van der Waals surface area contributed by atoms with E-state index >= 15 is 0 Å². The number of methoxy groups -OCH3 is 1. The molecule has 0 aliphatic rings. The van der Waals surface area contributed by atoms with Crippen molar-refractivity contribution >= 4 is 11.6 Å². The quantitative estimate of drug-likeness (QED) is 0.510. The van der Waals surface area contributed by atoms with Crippen LogP contribution in [0.1, 0.15) is 11.1 Å². The molecule has 0 radical (unpaired) electrons. The molecule has 0 aliphatic heterocycles. The van der Waals surface area contributed by atoms with Crippen LogP contribution in [0.3, 0.4) is 0 Å². The summed E-state index contributed by atoms with van der Waals surface area (Å²) in [5, 5.41) is 4.04. The molecule has 0 saturated carbocycles. The zero-order valence-corrected chi connectivity index (χ0v) is 16.5. The zero-order chi connectivity index (χ0) is 19.6. The van der Waals surface area contributed by atoms with E-state index < -0.39 is 0 Å². The van der Waals surface area contributed by atoms with Crippen LogP contribution in [0.5, 0.6) is 17.4 Å². The number of nitrogens with zero attached hydrogens (tertiary/aromatic N) is 1. The molecule has 1 heterocycles. The van der Waals surface area contributed by atoms with Gasteiger partial charge in [-0.15, -0.1) is 0 Å². The molecule has 0 amide bonds. The fraction of sp³-hybridized carbons (Fsp3) is 0.227. The third-order valence-electron chi connectivity index (χ3n) is 4.01. The molecule has 1 aromatic heterocycles. The average molecular weight is 399 g/mol. The van der Waals surface area contributed by atoms with Crippen molar-refractivity contribution in [1.82, 2.24) is 10.3 Å². The normalized spacial score (nSPS) is 10.5. The van der Waals surface area contributed by atoms with Gasteiger partial charge in [0.15, 0.2) is 11.5 Å². The Balaban J connectivity index is 1.47. The summed E-state index contributed by atoms with van der Waals surface area (Å²) in [5.41, 5.74) is 2.11. The fourth-order valence-corrected chi connectivity index (χ4v) is 2.83. The SMILES string of the molecule is COc1cc(CNCCOc2ccccn2)ccc1OCc1cccc(Cl)c1. The fourth-order valence-electron chi connectivity index (χ4n) is 2.62. The molecule has 3 aromatic rings. The highest BCUT2D eigenvalue weighted by Crippen LogP contribution is 2.29. The Kier molecular flexibility index (Phi) is 7.53. The minimum Gasteiger partial charge on any atom is -0.493 e. The molecule has 0 spiro atoms. The highest BCUT2D eigenvalue weighted by Gasteiger charge is 2.07. The van der Waals surface area contributed by atoms with Crippen LogP contribution in [0.2, 0.25) is 5.02 Å². The van der Waals surface area contributed by atoms with Crippen molar-refractivity contribution in [2.45, 2.75) is 13.2 Å². The molecule has 0 fully saturated rings. The molecule has 6 heteroatoms. The zero-order valence-electron chi connectivity index (χ0n) is 15.7. The largest absolute Gasteiger partial charge is 0.493 e. The molecule has 0 atom stereocenters. The maximum Gasteiger partial charge on any atom is 0.213 e. The van der Waals surface area contributed by atoms with Crippen LogP contribution in [0.15, 0.2) is 66.9 Å². The molecule has 146 valence electrons. The van der Waals surface area contributed by atoms with Crippen LogP contribution in [-0.4, -0.2) is 25.2 Å². The summed E-state index contributed by atoms with van der Waals surface area (Å²) in [6.07, 6.45) is 1.71. The van der Waals surface area contributed by atoms with E-state index in [-0.39, 0.29) is 0 Å². The van der Waals surface area contributed by atoms with Crippen LogP contribution in [0.4, 0.5) is 0 Å². The van der Waals surface area contributed by atoms with Gasteiger partial charge in [0, 0.05) is 30.4 Å². The summed E-state index contributed by atoms with van der Waals surface area (Å²) in [6, 6.07) is 19.1. The van der Waals surface area contributed by atoms with Crippen molar-refractivity contribution in [2.75, 3.05) is 20.3 Å². The first-order valence-corrected chi connectivity index (χ1v) is 9.41. The first-order valence-electron chi connectivity index (χ1n) is 9.03. The molecule has 5 nitrogen and oxygen atoms in total. The molecular weight excluding hydrogens is 376 g/mol. The maximum absolute atomic E-state index is 6.01. The summed E-state index contributed by atoms with van der Waals surface area (Å²) in [7, 11) is 1.64. The van der Waals surface area contributed by atoms with Gasteiger partial charge in [-0.2, -0.15) is 0 Å². The molecule has 2 aromatic carbocycles. The van der Waals surface area contributed by atoms with Crippen LogP contribution in [0, 0.1) is 0 Å². The number of hydrogen-bond donors (Lipinski definition) is 1.